The number of nitrogens with one attached hydrogen (secondary N) is 1. The Morgan fingerprint density at radius 2 is 2.06 bits per heavy atom. The van der Waals surface area contributed by atoms with Crippen LogP contribution in [0, 0.1) is 5.92 Å². The maximum Gasteiger partial charge on any atom is 0.394 e. The summed E-state index contributed by atoms with van der Waals surface area (Å²) in [6.45, 7) is 3.67. The van der Waals surface area contributed by atoms with E-state index in [1.807, 2.05) is 0 Å². The average Bonchev–Trinajstić information content (AvgIpc) is 2.49. The van der Waals surface area contributed by atoms with E-state index in [1.165, 1.54) is 18.7 Å². The Morgan fingerprint density at radius 3 is 2.47 bits per heavy atom. The first-order chi connectivity index (χ1) is 7.71. The molecule has 1 fully saturated rings. The Morgan fingerprint density at radius 1 is 1.47 bits per heavy atom. The van der Waals surface area contributed by atoms with Crippen LogP contribution in [0.25, 0.3) is 0 Å². The van der Waals surface area contributed by atoms with Crippen molar-refractivity contribution in [3.8, 4) is 0 Å². The number of likely N-dealkylation sites (tertiary alicyclic amines) is 1. The van der Waals surface area contributed by atoms with Crippen molar-refractivity contribution in [2.45, 2.75) is 38.4 Å². The van der Waals surface area contributed by atoms with Gasteiger partial charge in [-0.1, -0.05) is 0 Å². The molecule has 1 aliphatic heterocycles. The van der Waals surface area contributed by atoms with Gasteiger partial charge in [0.25, 0.3) is 0 Å². The number of hydrogen-bond donors (Lipinski definition) is 1. The number of rotatable bonds is 3. The Kier molecular flexibility index (Phi) is 4.06. The van der Waals surface area contributed by atoms with Gasteiger partial charge in [0.2, 0.25) is 5.91 Å². The molecule has 1 heterocycles. The molecule has 1 unspecified atom stereocenters. The molecule has 0 saturated carbocycles. The second-order valence-electron chi connectivity index (χ2n) is 4.94. The monoisotopic (exact) mass is 252 g/mol. The van der Waals surface area contributed by atoms with E-state index in [0.717, 1.165) is 0 Å². The number of nitrogens with zero attached hydrogens (tertiary/aromatic N) is 1. The number of hydrogen-bond acceptors (Lipinski definition) is 2. The number of alkyl halides is 3. The summed E-state index contributed by atoms with van der Waals surface area (Å²) in [5, 5.41) is 2.82. The summed E-state index contributed by atoms with van der Waals surface area (Å²) in [5.74, 6) is -1.63. The maximum absolute atomic E-state index is 12.8. The predicted molar refractivity (Wildman–Crippen MR) is 58.5 cm³/mol. The lowest BCUT2D eigenvalue weighted by molar-refractivity contribution is -0.192. The minimum Gasteiger partial charge on any atom is -0.337 e. The number of carbonyl (C=O) groups excluding carboxylic acids is 1. The average molecular weight is 252 g/mol. The highest BCUT2D eigenvalue weighted by Crippen LogP contribution is 2.44. The maximum atomic E-state index is 12.8. The zero-order chi connectivity index (χ0) is 13.3. The Balaban J connectivity index is 2.75. The highest BCUT2D eigenvalue weighted by Gasteiger charge is 2.55. The minimum atomic E-state index is -4.23. The van der Waals surface area contributed by atoms with Gasteiger partial charge in [0, 0.05) is 25.0 Å². The fraction of sp³-hybridized carbons (Fsp3) is 0.909. The second kappa shape index (κ2) is 4.84. The summed E-state index contributed by atoms with van der Waals surface area (Å²) in [7, 11) is 1.71. The standard InChI is InChI=1S/C11H19F3N2O/c1-10(2)8(11(12,13)14)5-7-16(10)9(17)4-6-15-3/h8,15H,4-7H2,1-3H3. The van der Waals surface area contributed by atoms with E-state index < -0.39 is 17.6 Å². The van der Waals surface area contributed by atoms with Gasteiger partial charge < -0.3 is 10.2 Å². The first-order valence-corrected chi connectivity index (χ1v) is 5.73. The highest BCUT2D eigenvalue weighted by molar-refractivity contribution is 5.77. The quantitative estimate of drug-likeness (QED) is 0.830. The molecule has 100 valence electrons. The van der Waals surface area contributed by atoms with Gasteiger partial charge in [0.15, 0.2) is 0 Å². The molecule has 1 atom stereocenters. The molecule has 0 aromatic heterocycles. The van der Waals surface area contributed by atoms with Crippen molar-refractivity contribution < 1.29 is 18.0 Å². The SMILES string of the molecule is CNCCC(=O)N1CCC(C(F)(F)F)C1(C)C. The summed E-state index contributed by atoms with van der Waals surface area (Å²) >= 11 is 0. The molecule has 0 bridgehead atoms. The number of amides is 1. The molecule has 1 aliphatic rings. The lowest BCUT2D eigenvalue weighted by atomic mass is 9.88. The van der Waals surface area contributed by atoms with Crippen molar-refractivity contribution in [1.82, 2.24) is 10.2 Å². The van der Waals surface area contributed by atoms with Crippen LogP contribution in [0.1, 0.15) is 26.7 Å². The second-order valence-corrected chi connectivity index (χ2v) is 4.94. The van der Waals surface area contributed by atoms with Crippen LogP contribution in [-0.2, 0) is 4.79 Å². The summed E-state index contributed by atoms with van der Waals surface area (Å²) in [6, 6.07) is 0. The van der Waals surface area contributed by atoms with Crippen LogP contribution in [0.5, 0.6) is 0 Å². The third-order valence-corrected chi connectivity index (χ3v) is 3.47. The summed E-state index contributed by atoms with van der Waals surface area (Å²) in [6.07, 6.45) is -3.99. The van der Waals surface area contributed by atoms with Gasteiger partial charge in [-0.2, -0.15) is 13.2 Å². The molecule has 1 rings (SSSR count). The lowest BCUT2D eigenvalue weighted by Crippen LogP contribution is -2.50. The summed E-state index contributed by atoms with van der Waals surface area (Å²) in [5.41, 5.74) is -1.14. The van der Waals surface area contributed by atoms with Gasteiger partial charge >= 0.3 is 6.18 Å². The van der Waals surface area contributed by atoms with Gasteiger partial charge in [-0.05, 0) is 27.3 Å². The molecule has 0 aliphatic carbocycles. The summed E-state index contributed by atoms with van der Waals surface area (Å²) < 4.78 is 38.4. The van der Waals surface area contributed by atoms with Crippen LogP contribution < -0.4 is 5.32 Å². The minimum absolute atomic E-state index is 0.00178. The van der Waals surface area contributed by atoms with E-state index in [2.05, 4.69) is 5.32 Å². The van der Waals surface area contributed by atoms with Crippen molar-refractivity contribution in [1.29, 1.82) is 0 Å². The molecular formula is C11H19F3N2O. The van der Waals surface area contributed by atoms with Crippen LogP contribution in [-0.4, -0.2) is 42.7 Å². The molecule has 3 nitrogen and oxygen atoms in total. The lowest BCUT2D eigenvalue weighted by Gasteiger charge is -2.36. The van der Waals surface area contributed by atoms with Gasteiger partial charge in [0.1, 0.15) is 0 Å². The Bertz CT molecular complexity index is 289. The van der Waals surface area contributed by atoms with E-state index in [9.17, 15) is 18.0 Å². The zero-order valence-electron chi connectivity index (χ0n) is 10.4. The topological polar surface area (TPSA) is 32.3 Å². The van der Waals surface area contributed by atoms with Crippen LogP contribution in [0.4, 0.5) is 13.2 Å². The molecule has 17 heavy (non-hydrogen) atoms. The molecule has 1 saturated heterocycles. The summed E-state index contributed by atoms with van der Waals surface area (Å²) in [4.78, 5) is 13.2. The van der Waals surface area contributed by atoms with Crippen LogP contribution in [0.15, 0.2) is 0 Å². The van der Waals surface area contributed by atoms with E-state index in [-0.39, 0.29) is 25.3 Å². The molecule has 6 heteroatoms. The van der Waals surface area contributed by atoms with Crippen LogP contribution in [0.3, 0.4) is 0 Å². The largest absolute Gasteiger partial charge is 0.394 e. The van der Waals surface area contributed by atoms with Crippen LogP contribution in [0.2, 0.25) is 0 Å². The van der Waals surface area contributed by atoms with Crippen molar-refractivity contribution in [3.05, 3.63) is 0 Å². The Labute approximate surface area is 99.4 Å². The van der Waals surface area contributed by atoms with E-state index in [4.69, 9.17) is 0 Å². The smallest absolute Gasteiger partial charge is 0.337 e. The van der Waals surface area contributed by atoms with E-state index in [0.29, 0.717) is 6.54 Å². The number of halogens is 3. The first kappa shape index (κ1) is 14.3. The van der Waals surface area contributed by atoms with E-state index in [1.54, 1.807) is 7.05 Å². The fourth-order valence-corrected chi connectivity index (χ4v) is 2.46. The van der Waals surface area contributed by atoms with Crippen molar-refractivity contribution in [2.24, 2.45) is 5.92 Å². The zero-order valence-corrected chi connectivity index (χ0v) is 10.4. The van der Waals surface area contributed by atoms with Gasteiger partial charge in [-0.15, -0.1) is 0 Å². The van der Waals surface area contributed by atoms with Crippen molar-refractivity contribution in [3.63, 3.8) is 0 Å². The molecular weight excluding hydrogens is 233 g/mol. The third-order valence-electron chi connectivity index (χ3n) is 3.47. The van der Waals surface area contributed by atoms with Crippen molar-refractivity contribution in [2.75, 3.05) is 20.1 Å². The van der Waals surface area contributed by atoms with E-state index >= 15 is 0 Å². The molecule has 0 aromatic carbocycles. The third kappa shape index (κ3) is 2.91. The fourth-order valence-electron chi connectivity index (χ4n) is 2.46. The number of carbonyl (C=O) groups is 1. The molecule has 1 N–H and O–H groups in total. The highest BCUT2D eigenvalue weighted by atomic mass is 19.4. The van der Waals surface area contributed by atoms with Crippen LogP contribution >= 0.6 is 0 Å². The normalized spacial score (nSPS) is 24.1. The molecule has 0 aromatic rings. The first-order valence-electron chi connectivity index (χ1n) is 5.73. The van der Waals surface area contributed by atoms with Gasteiger partial charge in [0.05, 0.1) is 5.92 Å². The predicted octanol–water partition coefficient (Wildman–Crippen LogP) is 1.79. The molecule has 0 radical (unpaired) electrons. The Hall–Kier alpha value is -0.780. The van der Waals surface area contributed by atoms with Gasteiger partial charge in [-0.25, -0.2) is 0 Å². The van der Waals surface area contributed by atoms with Gasteiger partial charge in [-0.3, -0.25) is 4.79 Å². The van der Waals surface area contributed by atoms with Crippen molar-refractivity contribution >= 4 is 5.91 Å². The molecule has 0 spiro atoms. The molecule has 1 amide bonds.